The fourth-order valence-electron chi connectivity index (χ4n) is 2.37. The van der Waals surface area contributed by atoms with Gasteiger partial charge in [0.15, 0.2) is 0 Å². The number of hydrogen-bond donors (Lipinski definition) is 0. The van der Waals surface area contributed by atoms with Gasteiger partial charge in [-0.2, -0.15) is 0 Å². The van der Waals surface area contributed by atoms with Crippen LogP contribution < -0.4 is 9.64 Å². The van der Waals surface area contributed by atoms with Crippen molar-refractivity contribution in [2.75, 3.05) is 32.1 Å². The SMILES string of the molecule is COc1ccc(N(CC(=O)N(C)CCc2ccncc2)C(C)=O)cc1. The lowest BCUT2D eigenvalue weighted by molar-refractivity contribution is -0.130. The number of benzene rings is 1. The molecule has 6 heteroatoms. The molecule has 0 atom stereocenters. The van der Waals surface area contributed by atoms with E-state index < -0.39 is 0 Å². The first-order valence-electron chi connectivity index (χ1n) is 8.06. The highest BCUT2D eigenvalue weighted by Crippen LogP contribution is 2.19. The lowest BCUT2D eigenvalue weighted by Gasteiger charge is -2.24. The largest absolute Gasteiger partial charge is 0.497 e. The molecule has 2 rings (SSSR count). The molecule has 0 aliphatic carbocycles. The Morgan fingerprint density at radius 3 is 2.28 bits per heavy atom. The molecule has 0 fully saturated rings. The van der Waals surface area contributed by atoms with Gasteiger partial charge < -0.3 is 14.5 Å². The summed E-state index contributed by atoms with van der Waals surface area (Å²) in [6.45, 7) is 2.04. The molecule has 0 N–H and O–H groups in total. The number of rotatable bonds is 7. The van der Waals surface area contributed by atoms with Crippen molar-refractivity contribution in [2.45, 2.75) is 13.3 Å². The summed E-state index contributed by atoms with van der Waals surface area (Å²) in [5.74, 6) is 0.411. The van der Waals surface area contributed by atoms with Crippen molar-refractivity contribution in [3.63, 3.8) is 0 Å². The van der Waals surface area contributed by atoms with Gasteiger partial charge in [-0.15, -0.1) is 0 Å². The van der Waals surface area contributed by atoms with Crippen LogP contribution in [0.5, 0.6) is 5.75 Å². The van der Waals surface area contributed by atoms with Crippen molar-refractivity contribution in [2.24, 2.45) is 0 Å². The maximum Gasteiger partial charge on any atom is 0.242 e. The van der Waals surface area contributed by atoms with Gasteiger partial charge in [0.05, 0.1) is 7.11 Å². The highest BCUT2D eigenvalue weighted by Gasteiger charge is 2.18. The summed E-state index contributed by atoms with van der Waals surface area (Å²) >= 11 is 0. The van der Waals surface area contributed by atoms with E-state index in [4.69, 9.17) is 4.74 Å². The summed E-state index contributed by atoms with van der Waals surface area (Å²) in [5.41, 5.74) is 1.79. The first-order valence-corrected chi connectivity index (χ1v) is 8.06. The van der Waals surface area contributed by atoms with Crippen LogP contribution in [0.4, 0.5) is 5.69 Å². The number of carbonyl (C=O) groups excluding carboxylic acids is 2. The third kappa shape index (κ3) is 5.31. The number of carbonyl (C=O) groups is 2. The van der Waals surface area contributed by atoms with Crippen LogP contribution in [0.1, 0.15) is 12.5 Å². The van der Waals surface area contributed by atoms with Gasteiger partial charge in [-0.1, -0.05) is 0 Å². The third-order valence-corrected chi connectivity index (χ3v) is 3.97. The first-order chi connectivity index (χ1) is 12.0. The molecule has 6 nitrogen and oxygen atoms in total. The summed E-state index contributed by atoms with van der Waals surface area (Å²) in [7, 11) is 3.33. The summed E-state index contributed by atoms with van der Waals surface area (Å²) in [6.07, 6.45) is 4.21. The van der Waals surface area contributed by atoms with Crippen molar-refractivity contribution in [1.82, 2.24) is 9.88 Å². The molecule has 0 spiro atoms. The molecule has 2 amide bonds. The molecular formula is C19H23N3O3. The normalized spacial score (nSPS) is 10.2. The zero-order valence-electron chi connectivity index (χ0n) is 14.8. The molecule has 0 radical (unpaired) electrons. The van der Waals surface area contributed by atoms with Gasteiger partial charge in [-0.05, 0) is 48.4 Å². The van der Waals surface area contributed by atoms with Crippen LogP contribution in [0.25, 0.3) is 0 Å². The Bertz CT molecular complexity index is 702. The average molecular weight is 341 g/mol. The van der Waals surface area contributed by atoms with Crippen LogP contribution in [-0.4, -0.2) is 48.9 Å². The molecule has 0 aliphatic rings. The molecule has 0 saturated heterocycles. The van der Waals surface area contributed by atoms with Crippen LogP contribution in [0, 0.1) is 0 Å². The molecule has 132 valence electrons. The van der Waals surface area contributed by atoms with Gasteiger partial charge in [0.1, 0.15) is 12.3 Å². The lowest BCUT2D eigenvalue weighted by Crippen LogP contribution is -2.41. The van der Waals surface area contributed by atoms with Gasteiger partial charge in [-0.25, -0.2) is 0 Å². The van der Waals surface area contributed by atoms with Crippen molar-refractivity contribution in [1.29, 1.82) is 0 Å². The Morgan fingerprint density at radius 1 is 1.08 bits per heavy atom. The van der Waals surface area contributed by atoms with E-state index in [0.717, 1.165) is 12.0 Å². The monoisotopic (exact) mass is 341 g/mol. The second-order valence-corrected chi connectivity index (χ2v) is 5.72. The van der Waals surface area contributed by atoms with Crippen LogP contribution in [0.15, 0.2) is 48.8 Å². The fraction of sp³-hybridized carbons (Fsp3) is 0.316. The Labute approximate surface area is 148 Å². The van der Waals surface area contributed by atoms with Gasteiger partial charge in [-0.3, -0.25) is 14.6 Å². The van der Waals surface area contributed by atoms with Crippen molar-refractivity contribution in [3.05, 3.63) is 54.4 Å². The number of ether oxygens (including phenoxy) is 1. The maximum atomic E-state index is 12.5. The number of methoxy groups -OCH3 is 1. The number of hydrogen-bond acceptors (Lipinski definition) is 4. The number of amides is 2. The predicted octanol–water partition coefficient (Wildman–Crippen LogP) is 2.14. The summed E-state index contributed by atoms with van der Waals surface area (Å²) in [5, 5.41) is 0. The van der Waals surface area contributed by atoms with Crippen LogP contribution in [0.2, 0.25) is 0 Å². The number of anilines is 1. The predicted molar refractivity (Wildman–Crippen MR) is 96.6 cm³/mol. The van der Waals surface area contributed by atoms with E-state index in [1.807, 2.05) is 12.1 Å². The second-order valence-electron chi connectivity index (χ2n) is 5.72. The molecule has 0 aliphatic heterocycles. The van der Waals surface area contributed by atoms with Gasteiger partial charge in [0.2, 0.25) is 11.8 Å². The van der Waals surface area contributed by atoms with Gasteiger partial charge in [0, 0.05) is 38.6 Å². The molecule has 0 saturated carbocycles. The van der Waals surface area contributed by atoms with Crippen LogP contribution in [-0.2, 0) is 16.0 Å². The minimum atomic E-state index is -0.180. The molecule has 2 aromatic rings. The van der Waals surface area contributed by atoms with Crippen LogP contribution in [0.3, 0.4) is 0 Å². The Morgan fingerprint density at radius 2 is 1.72 bits per heavy atom. The fourth-order valence-corrected chi connectivity index (χ4v) is 2.37. The topological polar surface area (TPSA) is 62.7 Å². The quantitative estimate of drug-likeness (QED) is 0.774. The third-order valence-electron chi connectivity index (χ3n) is 3.97. The Kier molecular flexibility index (Phi) is 6.51. The Hall–Kier alpha value is -2.89. The standard InChI is InChI=1S/C19H23N3O3/c1-15(23)22(17-4-6-18(25-3)7-5-17)14-19(24)21(2)13-10-16-8-11-20-12-9-16/h4-9,11-12H,10,13-14H2,1-3H3. The lowest BCUT2D eigenvalue weighted by atomic mass is 10.2. The number of nitrogens with zero attached hydrogens (tertiary/aromatic N) is 3. The summed E-state index contributed by atoms with van der Waals surface area (Å²) in [6, 6.07) is 10.9. The number of aromatic nitrogens is 1. The van der Waals surface area contributed by atoms with E-state index in [0.29, 0.717) is 18.0 Å². The zero-order chi connectivity index (χ0) is 18.2. The molecule has 25 heavy (non-hydrogen) atoms. The van der Waals surface area contributed by atoms with Crippen LogP contribution >= 0.6 is 0 Å². The van der Waals surface area contributed by atoms with E-state index in [2.05, 4.69) is 4.98 Å². The minimum absolute atomic E-state index is 0.00844. The molecule has 0 bridgehead atoms. The van der Waals surface area contributed by atoms with Crippen molar-refractivity contribution >= 4 is 17.5 Å². The summed E-state index contributed by atoms with van der Waals surface area (Å²) < 4.78 is 5.12. The second kappa shape index (κ2) is 8.82. The molecule has 1 heterocycles. The summed E-state index contributed by atoms with van der Waals surface area (Å²) in [4.78, 5) is 31.5. The van der Waals surface area contributed by atoms with E-state index in [9.17, 15) is 9.59 Å². The van der Waals surface area contributed by atoms with Crippen molar-refractivity contribution in [3.8, 4) is 5.75 Å². The average Bonchev–Trinajstić information content (AvgIpc) is 2.64. The minimum Gasteiger partial charge on any atom is -0.497 e. The first kappa shape index (κ1) is 18.4. The molecule has 0 unspecified atom stereocenters. The zero-order valence-corrected chi connectivity index (χ0v) is 14.8. The molecular weight excluding hydrogens is 318 g/mol. The molecule has 1 aromatic heterocycles. The highest BCUT2D eigenvalue weighted by molar-refractivity contribution is 5.97. The van der Waals surface area contributed by atoms with E-state index in [1.54, 1.807) is 55.7 Å². The van der Waals surface area contributed by atoms with Crippen molar-refractivity contribution < 1.29 is 14.3 Å². The van der Waals surface area contributed by atoms with Gasteiger partial charge >= 0.3 is 0 Å². The van der Waals surface area contributed by atoms with E-state index in [1.165, 1.54) is 11.8 Å². The maximum absolute atomic E-state index is 12.5. The smallest absolute Gasteiger partial charge is 0.242 e. The van der Waals surface area contributed by atoms with Gasteiger partial charge in [0.25, 0.3) is 0 Å². The molecule has 1 aromatic carbocycles. The van der Waals surface area contributed by atoms with E-state index >= 15 is 0 Å². The highest BCUT2D eigenvalue weighted by atomic mass is 16.5. The van der Waals surface area contributed by atoms with E-state index in [-0.39, 0.29) is 18.4 Å². The number of pyridine rings is 1. The number of likely N-dealkylation sites (N-methyl/N-ethyl adjacent to an activating group) is 1. The Balaban J connectivity index is 1.97.